The molecular formula is C45H69N3O4S. The number of carbonyl (C=O) groups excluding carboxylic acids is 1. The van der Waals surface area contributed by atoms with Crippen LogP contribution in [0.1, 0.15) is 126 Å². The van der Waals surface area contributed by atoms with Crippen LogP contribution in [-0.4, -0.2) is 69.1 Å². The second-order valence-electron chi connectivity index (χ2n) is 20.2. The Bertz CT molecular complexity index is 1690. The van der Waals surface area contributed by atoms with Crippen LogP contribution in [0.4, 0.5) is 0 Å². The Kier molecular flexibility index (Phi) is 10.1. The summed E-state index contributed by atoms with van der Waals surface area (Å²) >= 11 is 0. The molecule has 1 unspecified atom stereocenters. The first-order valence-electron chi connectivity index (χ1n) is 21.2. The van der Waals surface area contributed by atoms with E-state index >= 15 is 0 Å². The van der Waals surface area contributed by atoms with E-state index < -0.39 is 15.3 Å². The van der Waals surface area contributed by atoms with E-state index in [1.165, 1.54) is 68.1 Å². The van der Waals surface area contributed by atoms with Gasteiger partial charge in [0.15, 0.2) is 15.3 Å². The van der Waals surface area contributed by atoms with Gasteiger partial charge in [0.2, 0.25) is 0 Å². The lowest BCUT2D eigenvalue weighted by molar-refractivity contribution is -0.221. The fourth-order valence-electron chi connectivity index (χ4n) is 14.7. The van der Waals surface area contributed by atoms with Crippen molar-refractivity contribution in [3.05, 3.63) is 35.5 Å². The van der Waals surface area contributed by atoms with Gasteiger partial charge in [-0.15, -0.1) is 0 Å². The third-order valence-electron chi connectivity index (χ3n) is 17.7. The van der Waals surface area contributed by atoms with E-state index in [1.807, 2.05) is 6.92 Å². The Labute approximate surface area is 321 Å². The number of esters is 1. The molecule has 1 heterocycles. The number of nitriles is 1. The molecule has 0 aromatic heterocycles. The Morgan fingerprint density at radius 2 is 1.70 bits per heavy atom. The number of rotatable bonds is 8. The molecule has 0 aromatic carbocycles. The van der Waals surface area contributed by atoms with Crippen molar-refractivity contribution in [3.63, 3.8) is 0 Å². The van der Waals surface area contributed by atoms with Crippen molar-refractivity contribution in [2.24, 2.45) is 56.7 Å². The van der Waals surface area contributed by atoms with E-state index in [4.69, 9.17) is 4.74 Å². The molecule has 7 nitrogen and oxygen atoms in total. The number of hydrogen-bond acceptors (Lipinski definition) is 7. The minimum absolute atomic E-state index is 0.0230. The van der Waals surface area contributed by atoms with E-state index in [9.17, 15) is 18.5 Å². The van der Waals surface area contributed by atoms with Gasteiger partial charge < -0.3 is 15.0 Å². The van der Waals surface area contributed by atoms with Gasteiger partial charge in [0.1, 0.15) is 0 Å². The lowest BCUT2D eigenvalue weighted by Crippen LogP contribution is -2.68. The molecule has 0 bridgehead atoms. The van der Waals surface area contributed by atoms with Crippen LogP contribution in [0.25, 0.3) is 0 Å². The topological polar surface area (TPSA) is 99.5 Å². The van der Waals surface area contributed by atoms with Crippen LogP contribution in [0.2, 0.25) is 0 Å². The van der Waals surface area contributed by atoms with E-state index in [0.29, 0.717) is 73.6 Å². The molecule has 53 heavy (non-hydrogen) atoms. The maximum Gasteiger partial charge on any atom is 0.326 e. The van der Waals surface area contributed by atoms with Crippen molar-refractivity contribution < 1.29 is 17.9 Å². The van der Waals surface area contributed by atoms with Gasteiger partial charge in [-0.3, -0.25) is 4.79 Å². The SMILES string of the molecule is C=C(C)[C@@H]1CC[C@]2(NCCN3CCS(=O)(=O)CC3)CC[C@]3(C)[C@H](CC[C@@H]4[C@@]5(C)CC=C(C6=CCC(C#N)(C(=O)OCC)CC6)C(C)(C)[C@@H]5CC[C@]43C)[C@@H]12. The highest BCUT2D eigenvalue weighted by atomic mass is 32.2. The molecule has 0 radical (unpaired) electrons. The Hall–Kier alpha value is -1.95. The minimum atomic E-state index is -2.87. The van der Waals surface area contributed by atoms with Crippen molar-refractivity contribution in [1.29, 1.82) is 5.26 Å². The Balaban J connectivity index is 1.12. The highest BCUT2D eigenvalue weighted by Gasteiger charge is 2.70. The normalized spacial score (nSPS) is 44.5. The lowest BCUT2D eigenvalue weighted by Gasteiger charge is -2.72. The average molecular weight is 748 g/mol. The average Bonchev–Trinajstić information content (AvgIpc) is 3.49. The summed E-state index contributed by atoms with van der Waals surface area (Å²) in [5.41, 5.74) is 4.07. The number of nitrogens with one attached hydrogen (secondary N) is 1. The number of allylic oxidation sites excluding steroid dienone is 5. The Morgan fingerprint density at radius 3 is 2.34 bits per heavy atom. The van der Waals surface area contributed by atoms with Crippen LogP contribution in [0, 0.1) is 68.0 Å². The van der Waals surface area contributed by atoms with Crippen molar-refractivity contribution in [1.82, 2.24) is 10.2 Å². The maximum absolute atomic E-state index is 12.8. The monoisotopic (exact) mass is 748 g/mol. The first-order chi connectivity index (χ1) is 24.9. The molecule has 7 aliphatic rings. The van der Waals surface area contributed by atoms with E-state index in [-0.39, 0.29) is 33.2 Å². The molecule has 1 saturated heterocycles. The van der Waals surface area contributed by atoms with Gasteiger partial charge in [-0.2, -0.15) is 5.26 Å². The van der Waals surface area contributed by atoms with Crippen LogP contribution in [0.3, 0.4) is 0 Å². The highest BCUT2D eigenvalue weighted by Crippen LogP contribution is 2.76. The van der Waals surface area contributed by atoms with Crippen molar-refractivity contribution in [2.45, 2.75) is 131 Å². The van der Waals surface area contributed by atoms with Gasteiger partial charge in [-0.25, -0.2) is 8.42 Å². The molecule has 7 rings (SSSR count). The minimum Gasteiger partial charge on any atom is -0.465 e. The maximum atomic E-state index is 12.8. The zero-order valence-corrected chi connectivity index (χ0v) is 34.9. The predicted octanol–water partition coefficient (Wildman–Crippen LogP) is 8.44. The number of fused-ring (bicyclic) bond motifs is 7. The number of nitrogens with zero attached hydrogens (tertiary/aromatic N) is 2. The van der Waals surface area contributed by atoms with Crippen LogP contribution >= 0.6 is 0 Å². The number of ether oxygens (including phenoxy) is 1. The molecule has 1 N–H and O–H groups in total. The van der Waals surface area contributed by atoms with Crippen LogP contribution < -0.4 is 5.32 Å². The van der Waals surface area contributed by atoms with Gasteiger partial charge in [0, 0.05) is 31.7 Å². The van der Waals surface area contributed by atoms with E-state index in [0.717, 1.165) is 25.9 Å². The van der Waals surface area contributed by atoms with Crippen LogP contribution in [0.15, 0.2) is 35.5 Å². The molecule has 10 atom stereocenters. The number of carbonyl (C=O) groups is 1. The largest absolute Gasteiger partial charge is 0.465 e. The summed E-state index contributed by atoms with van der Waals surface area (Å²) in [5, 5.41) is 14.3. The molecule has 0 amide bonds. The molecule has 0 aromatic rings. The van der Waals surface area contributed by atoms with Crippen LogP contribution in [-0.2, 0) is 19.4 Å². The molecule has 4 saturated carbocycles. The fourth-order valence-corrected chi connectivity index (χ4v) is 16.0. The molecular weight excluding hydrogens is 679 g/mol. The Morgan fingerprint density at radius 1 is 0.962 bits per heavy atom. The predicted molar refractivity (Wildman–Crippen MR) is 212 cm³/mol. The third kappa shape index (κ3) is 6.06. The second kappa shape index (κ2) is 13.6. The smallest absolute Gasteiger partial charge is 0.326 e. The lowest BCUT2D eigenvalue weighted by atomic mass is 9.33. The third-order valence-corrected chi connectivity index (χ3v) is 19.3. The molecule has 5 fully saturated rings. The van der Waals surface area contributed by atoms with Gasteiger partial charge in [0.25, 0.3) is 0 Å². The fraction of sp³-hybridized carbons (Fsp3) is 0.822. The summed E-state index contributed by atoms with van der Waals surface area (Å²) in [5.74, 6) is 3.32. The molecule has 0 spiro atoms. The van der Waals surface area contributed by atoms with Gasteiger partial charge >= 0.3 is 5.97 Å². The van der Waals surface area contributed by atoms with Gasteiger partial charge in [-0.1, -0.05) is 58.9 Å². The molecule has 1 aliphatic heterocycles. The molecule has 294 valence electrons. The van der Waals surface area contributed by atoms with Crippen molar-refractivity contribution in [3.8, 4) is 6.07 Å². The zero-order chi connectivity index (χ0) is 38.2. The standard InChI is InChI=1S/C45H69N3O4S/c1-9-52-39(49)44(30-46)19-12-32(13-20-44)34-15-17-41(6)36(40(34,4)5)16-18-43(8)37(41)11-10-35-38-33(31(2)3)14-21-45(38,23-22-42(35,43)7)47-24-25-48-26-28-53(50,51)29-27-48/h12,15,33,35-38,47H,2,9-11,13-14,16-29H2,1,3-8H3/t33-,35+,36-,37+,38+,41-,42+,43+,44?,45-/m0/s1. The highest BCUT2D eigenvalue weighted by molar-refractivity contribution is 7.91. The second-order valence-corrected chi connectivity index (χ2v) is 22.5. The summed E-state index contributed by atoms with van der Waals surface area (Å²) in [6.45, 7) is 25.3. The summed E-state index contributed by atoms with van der Waals surface area (Å²) in [6.07, 6.45) is 17.7. The van der Waals surface area contributed by atoms with Gasteiger partial charge in [0.05, 0.1) is 24.2 Å². The van der Waals surface area contributed by atoms with Crippen molar-refractivity contribution >= 4 is 15.8 Å². The summed E-state index contributed by atoms with van der Waals surface area (Å²) in [6, 6.07) is 2.34. The zero-order valence-electron chi connectivity index (χ0n) is 34.1. The first kappa shape index (κ1) is 39.3. The van der Waals surface area contributed by atoms with Crippen molar-refractivity contribution in [2.75, 3.05) is 44.3 Å². The molecule has 8 heteroatoms. The summed E-state index contributed by atoms with van der Waals surface area (Å²) < 4.78 is 29.5. The van der Waals surface area contributed by atoms with Gasteiger partial charge in [-0.05, 0) is 153 Å². The summed E-state index contributed by atoms with van der Waals surface area (Å²) in [7, 11) is -2.87. The van der Waals surface area contributed by atoms with E-state index in [1.54, 1.807) is 0 Å². The van der Waals surface area contributed by atoms with Crippen LogP contribution in [0.5, 0.6) is 0 Å². The first-order valence-corrected chi connectivity index (χ1v) is 23.1. The quantitative estimate of drug-likeness (QED) is 0.197. The summed E-state index contributed by atoms with van der Waals surface area (Å²) in [4.78, 5) is 15.2. The number of sulfone groups is 1. The number of hydrogen-bond donors (Lipinski definition) is 1. The van der Waals surface area contributed by atoms with E-state index in [2.05, 4.69) is 76.6 Å². The molecule has 6 aliphatic carbocycles.